The van der Waals surface area contributed by atoms with E-state index in [1.807, 2.05) is 12.1 Å². The third-order valence-electron chi connectivity index (χ3n) is 2.78. The van der Waals surface area contributed by atoms with Crippen LogP contribution >= 0.6 is 0 Å². The van der Waals surface area contributed by atoms with Gasteiger partial charge >= 0.3 is 0 Å². The van der Waals surface area contributed by atoms with E-state index in [1.54, 1.807) is 6.20 Å². The molecule has 0 aliphatic carbocycles. The van der Waals surface area contributed by atoms with E-state index >= 15 is 0 Å². The first-order valence-electron chi connectivity index (χ1n) is 5.06. The Hall–Kier alpha value is -1.60. The average molecular weight is 203 g/mol. The van der Waals surface area contributed by atoms with Gasteiger partial charge in [0.2, 0.25) is 0 Å². The third-order valence-corrected chi connectivity index (χ3v) is 2.78. The van der Waals surface area contributed by atoms with E-state index < -0.39 is 0 Å². The maximum Gasteiger partial charge on any atom is 0.163 e. The van der Waals surface area contributed by atoms with E-state index in [9.17, 15) is 0 Å². The molecular formula is C11H13N3O. The molecule has 1 aromatic rings. The number of aliphatic hydroxyl groups excluding tert-OH is 1. The molecular weight excluding hydrogens is 190 g/mol. The molecule has 78 valence electrons. The monoisotopic (exact) mass is 203 g/mol. The van der Waals surface area contributed by atoms with Crippen LogP contribution in [0.4, 0.5) is 5.69 Å². The summed E-state index contributed by atoms with van der Waals surface area (Å²) in [5, 5.41) is 18.0. The Morgan fingerprint density at radius 1 is 1.67 bits per heavy atom. The van der Waals surface area contributed by atoms with Crippen LogP contribution in [0.2, 0.25) is 0 Å². The highest BCUT2D eigenvalue weighted by Gasteiger charge is 2.23. The van der Waals surface area contributed by atoms with Crippen LogP contribution in [-0.4, -0.2) is 29.8 Å². The molecule has 4 heteroatoms. The van der Waals surface area contributed by atoms with Crippen LogP contribution in [0.25, 0.3) is 0 Å². The van der Waals surface area contributed by atoms with Crippen molar-refractivity contribution in [2.24, 2.45) is 5.92 Å². The van der Waals surface area contributed by atoms with Crippen LogP contribution < -0.4 is 4.90 Å². The van der Waals surface area contributed by atoms with Crippen LogP contribution in [0.15, 0.2) is 18.3 Å². The minimum absolute atomic E-state index is 0.221. The lowest BCUT2D eigenvalue weighted by atomic mass is 10.1. The maximum absolute atomic E-state index is 9.05. The van der Waals surface area contributed by atoms with Gasteiger partial charge in [-0.2, -0.15) is 5.26 Å². The molecule has 0 spiro atoms. The Morgan fingerprint density at radius 2 is 2.53 bits per heavy atom. The zero-order valence-electron chi connectivity index (χ0n) is 8.43. The van der Waals surface area contributed by atoms with Gasteiger partial charge in [-0.05, 0) is 18.6 Å². The summed E-state index contributed by atoms with van der Waals surface area (Å²) in [6.07, 6.45) is 2.61. The second kappa shape index (κ2) is 4.28. The molecule has 2 rings (SSSR count). The molecule has 1 saturated heterocycles. The van der Waals surface area contributed by atoms with Gasteiger partial charge in [-0.25, -0.2) is 4.98 Å². The zero-order valence-corrected chi connectivity index (χ0v) is 8.43. The Labute approximate surface area is 88.8 Å². The predicted molar refractivity (Wildman–Crippen MR) is 56.4 cm³/mol. The van der Waals surface area contributed by atoms with Gasteiger partial charge in [0.15, 0.2) is 5.69 Å². The van der Waals surface area contributed by atoms with Crippen LogP contribution in [0.5, 0.6) is 0 Å². The lowest BCUT2D eigenvalue weighted by Gasteiger charge is -2.18. The summed E-state index contributed by atoms with van der Waals surface area (Å²) in [7, 11) is 0. The molecule has 4 nitrogen and oxygen atoms in total. The quantitative estimate of drug-likeness (QED) is 0.771. The summed E-state index contributed by atoms with van der Waals surface area (Å²) >= 11 is 0. The molecule has 15 heavy (non-hydrogen) atoms. The van der Waals surface area contributed by atoms with E-state index in [-0.39, 0.29) is 6.61 Å². The topological polar surface area (TPSA) is 60.2 Å². The predicted octanol–water partition coefficient (Wildman–Crippen LogP) is 0.772. The highest BCUT2D eigenvalue weighted by atomic mass is 16.3. The number of anilines is 1. The first kappa shape index (κ1) is 9.94. The molecule has 1 N–H and O–H groups in total. The lowest BCUT2D eigenvalue weighted by Crippen LogP contribution is -2.21. The number of hydrogen-bond acceptors (Lipinski definition) is 4. The fraction of sp³-hybridized carbons (Fsp3) is 0.455. The van der Waals surface area contributed by atoms with Crippen LogP contribution in [-0.2, 0) is 0 Å². The molecule has 1 unspecified atom stereocenters. The van der Waals surface area contributed by atoms with Crippen molar-refractivity contribution in [2.45, 2.75) is 6.42 Å². The van der Waals surface area contributed by atoms with Crippen molar-refractivity contribution < 1.29 is 5.11 Å². The van der Waals surface area contributed by atoms with Crippen LogP contribution in [0.3, 0.4) is 0 Å². The molecule has 1 aliphatic rings. The molecule has 0 saturated carbocycles. The molecule has 0 bridgehead atoms. The number of nitrogens with zero attached hydrogens (tertiary/aromatic N) is 3. The Bertz CT molecular complexity index is 386. The summed E-state index contributed by atoms with van der Waals surface area (Å²) < 4.78 is 0. The number of aliphatic hydroxyl groups is 1. The Balaban J connectivity index is 2.20. The van der Waals surface area contributed by atoms with Crippen molar-refractivity contribution in [3.05, 3.63) is 24.0 Å². The molecule has 1 aromatic heterocycles. The van der Waals surface area contributed by atoms with Crippen molar-refractivity contribution in [1.29, 1.82) is 5.26 Å². The second-order valence-corrected chi connectivity index (χ2v) is 3.77. The van der Waals surface area contributed by atoms with E-state index in [0.717, 1.165) is 25.2 Å². The first-order valence-corrected chi connectivity index (χ1v) is 5.06. The SMILES string of the molecule is N#Cc1ncccc1N1CCC(CO)C1. The molecule has 2 heterocycles. The lowest BCUT2D eigenvalue weighted by molar-refractivity contribution is 0.238. The molecule has 1 fully saturated rings. The first-order chi connectivity index (χ1) is 7.35. The minimum Gasteiger partial charge on any atom is -0.396 e. The molecule has 0 amide bonds. The summed E-state index contributed by atoms with van der Waals surface area (Å²) in [5.41, 5.74) is 1.35. The summed E-state index contributed by atoms with van der Waals surface area (Å²) in [6.45, 7) is 1.93. The average Bonchev–Trinajstić information content (AvgIpc) is 2.77. The molecule has 0 aromatic carbocycles. The number of nitriles is 1. The molecule has 1 aliphatic heterocycles. The number of hydrogen-bond donors (Lipinski definition) is 1. The maximum atomic E-state index is 9.05. The second-order valence-electron chi connectivity index (χ2n) is 3.77. The Kier molecular flexibility index (Phi) is 2.84. The van der Waals surface area contributed by atoms with E-state index in [0.29, 0.717) is 11.6 Å². The standard InChI is InChI=1S/C11H13N3O/c12-6-10-11(2-1-4-13-10)14-5-3-9(7-14)8-15/h1-2,4,9,15H,3,5,7-8H2. The summed E-state index contributed by atoms with van der Waals surface area (Å²) in [6, 6.07) is 5.83. The Morgan fingerprint density at radius 3 is 3.20 bits per heavy atom. The van der Waals surface area contributed by atoms with Crippen LogP contribution in [0, 0.1) is 17.2 Å². The third kappa shape index (κ3) is 1.92. The van der Waals surface area contributed by atoms with Crippen molar-refractivity contribution >= 4 is 5.69 Å². The van der Waals surface area contributed by atoms with Crippen molar-refractivity contribution in [1.82, 2.24) is 4.98 Å². The fourth-order valence-electron chi connectivity index (χ4n) is 1.94. The number of rotatable bonds is 2. The van der Waals surface area contributed by atoms with Gasteiger partial charge in [0.05, 0.1) is 5.69 Å². The molecule has 1 atom stereocenters. The van der Waals surface area contributed by atoms with E-state index in [1.165, 1.54) is 0 Å². The zero-order chi connectivity index (χ0) is 10.7. The van der Waals surface area contributed by atoms with Crippen molar-refractivity contribution in [2.75, 3.05) is 24.6 Å². The van der Waals surface area contributed by atoms with Crippen molar-refractivity contribution in [3.63, 3.8) is 0 Å². The summed E-state index contributed by atoms with van der Waals surface area (Å²) in [5.74, 6) is 0.330. The fourth-order valence-corrected chi connectivity index (χ4v) is 1.94. The summed E-state index contributed by atoms with van der Waals surface area (Å²) in [4.78, 5) is 6.14. The van der Waals surface area contributed by atoms with E-state index in [4.69, 9.17) is 10.4 Å². The van der Waals surface area contributed by atoms with Crippen molar-refractivity contribution in [3.8, 4) is 6.07 Å². The normalized spacial score (nSPS) is 20.3. The van der Waals surface area contributed by atoms with Gasteiger partial charge < -0.3 is 10.0 Å². The largest absolute Gasteiger partial charge is 0.396 e. The minimum atomic E-state index is 0.221. The highest BCUT2D eigenvalue weighted by Crippen LogP contribution is 2.25. The van der Waals surface area contributed by atoms with Crippen LogP contribution in [0.1, 0.15) is 12.1 Å². The van der Waals surface area contributed by atoms with Gasteiger partial charge in [-0.3, -0.25) is 0 Å². The van der Waals surface area contributed by atoms with Gasteiger partial charge in [0.25, 0.3) is 0 Å². The van der Waals surface area contributed by atoms with Gasteiger partial charge in [0, 0.05) is 31.8 Å². The van der Waals surface area contributed by atoms with Gasteiger partial charge in [0.1, 0.15) is 6.07 Å². The smallest absolute Gasteiger partial charge is 0.163 e. The number of aromatic nitrogens is 1. The molecule has 0 radical (unpaired) electrons. The van der Waals surface area contributed by atoms with E-state index in [2.05, 4.69) is 16.0 Å². The highest BCUT2D eigenvalue weighted by molar-refractivity contribution is 5.56. The number of pyridine rings is 1. The van der Waals surface area contributed by atoms with Gasteiger partial charge in [-0.1, -0.05) is 0 Å². The van der Waals surface area contributed by atoms with Gasteiger partial charge in [-0.15, -0.1) is 0 Å².